The molecular formula is C126H90. The van der Waals surface area contributed by atoms with E-state index < -0.39 is 0 Å². The van der Waals surface area contributed by atoms with E-state index in [0.717, 1.165) is 0 Å². The van der Waals surface area contributed by atoms with Crippen LogP contribution >= 0.6 is 0 Å². The Bertz CT molecular complexity index is 8510. The Morgan fingerprint density at radius 2 is 0.317 bits per heavy atom. The number of aryl methyl sites for hydroxylation is 6. The fourth-order valence-electron chi connectivity index (χ4n) is 20.7. The quantitative estimate of drug-likeness (QED) is 0.135. The van der Waals surface area contributed by atoms with Gasteiger partial charge in [0.25, 0.3) is 0 Å². The SMILES string of the molecule is Cc1cc(-c2ccc3ccccc3c2)c2cccc(-c3c(C)cc(-c4ccc5ccccc5c4)c4ccccc34)c2c1.Cc1cc(-c2cccc3ccccc23)c2cccc(-c3c(C)cc(-c4ccc5ccccc5c4)c4ccccc34)c2c1.Cc1cc(-c2cccc3ccccc23)c2cccc(-c3c(C)cc(-c4cccc5ccccc45)c4ccccc34)c2c1. The zero-order valence-electron chi connectivity index (χ0n) is 71.6. The topological polar surface area (TPSA) is 0 Å². The molecular weight excluding hydrogens is 1510 g/mol. The van der Waals surface area contributed by atoms with Crippen LogP contribution in [0.25, 0.3) is 229 Å². The van der Waals surface area contributed by atoms with Gasteiger partial charge in [0.1, 0.15) is 0 Å². The van der Waals surface area contributed by atoms with Gasteiger partial charge in [0.05, 0.1) is 0 Å². The Morgan fingerprint density at radius 1 is 0.111 bits per heavy atom. The highest BCUT2D eigenvalue weighted by molar-refractivity contribution is 6.20. The zero-order chi connectivity index (χ0) is 84.6. The van der Waals surface area contributed by atoms with Crippen molar-refractivity contribution in [3.8, 4) is 100 Å². The second kappa shape index (κ2) is 32.0. The van der Waals surface area contributed by atoms with Gasteiger partial charge in [-0.15, -0.1) is 0 Å². The molecule has 0 aromatic heterocycles. The van der Waals surface area contributed by atoms with Crippen molar-refractivity contribution in [1.82, 2.24) is 0 Å². The first-order valence-corrected chi connectivity index (χ1v) is 44.1. The van der Waals surface area contributed by atoms with Crippen LogP contribution in [0.3, 0.4) is 0 Å². The van der Waals surface area contributed by atoms with Gasteiger partial charge in [-0.05, 0) is 323 Å². The van der Waals surface area contributed by atoms with Crippen molar-refractivity contribution < 1.29 is 0 Å². The summed E-state index contributed by atoms with van der Waals surface area (Å²) in [5, 5.41) is 30.8. The minimum Gasteiger partial charge on any atom is -0.0616 e. The zero-order valence-corrected chi connectivity index (χ0v) is 71.6. The molecule has 0 radical (unpaired) electrons. The number of hydrogen-bond donors (Lipinski definition) is 0. The van der Waals surface area contributed by atoms with Gasteiger partial charge in [-0.1, -0.05) is 419 Å². The minimum absolute atomic E-state index is 1.26. The second-order valence-corrected chi connectivity index (χ2v) is 34.4. The van der Waals surface area contributed by atoms with Crippen molar-refractivity contribution in [2.45, 2.75) is 41.5 Å². The highest BCUT2D eigenvalue weighted by Crippen LogP contribution is 2.50. The molecule has 126 heavy (non-hydrogen) atoms. The van der Waals surface area contributed by atoms with Crippen LogP contribution in [0.1, 0.15) is 33.4 Å². The number of rotatable bonds is 9. The van der Waals surface area contributed by atoms with Gasteiger partial charge >= 0.3 is 0 Å². The summed E-state index contributed by atoms with van der Waals surface area (Å²) in [6.07, 6.45) is 0. The molecule has 0 heterocycles. The number of fused-ring (bicyclic) bond motifs is 12. The van der Waals surface area contributed by atoms with Crippen molar-refractivity contribution in [3.05, 3.63) is 470 Å². The number of benzene rings is 24. The van der Waals surface area contributed by atoms with Gasteiger partial charge in [0.2, 0.25) is 0 Å². The fraction of sp³-hybridized carbons (Fsp3) is 0.0476. The van der Waals surface area contributed by atoms with E-state index in [1.165, 1.54) is 263 Å². The Balaban J connectivity index is 0.000000112. The van der Waals surface area contributed by atoms with Crippen LogP contribution in [0, 0.1) is 41.5 Å². The first-order valence-electron chi connectivity index (χ1n) is 44.1. The van der Waals surface area contributed by atoms with E-state index in [2.05, 4.69) is 478 Å². The Kier molecular flexibility index (Phi) is 19.4. The highest BCUT2D eigenvalue weighted by Gasteiger charge is 2.23. The molecule has 0 N–H and O–H groups in total. The third-order valence-corrected chi connectivity index (χ3v) is 26.4. The predicted molar refractivity (Wildman–Crippen MR) is 547 cm³/mol. The summed E-state index contributed by atoms with van der Waals surface area (Å²) in [4.78, 5) is 0. The normalized spacial score (nSPS) is 11.6. The van der Waals surface area contributed by atoms with Gasteiger partial charge in [-0.25, -0.2) is 0 Å². The van der Waals surface area contributed by atoms with Gasteiger partial charge in [0, 0.05) is 0 Å². The lowest BCUT2D eigenvalue weighted by molar-refractivity contribution is 1.48. The Hall–Kier alpha value is -15.6. The molecule has 0 fully saturated rings. The molecule has 0 nitrogen and oxygen atoms in total. The van der Waals surface area contributed by atoms with Gasteiger partial charge < -0.3 is 0 Å². The van der Waals surface area contributed by atoms with Crippen LogP contribution in [0.2, 0.25) is 0 Å². The Morgan fingerprint density at radius 3 is 0.651 bits per heavy atom. The molecule has 0 aliphatic rings. The van der Waals surface area contributed by atoms with E-state index in [9.17, 15) is 0 Å². The third kappa shape index (κ3) is 13.7. The van der Waals surface area contributed by atoms with Gasteiger partial charge in [-0.3, -0.25) is 0 Å². The third-order valence-electron chi connectivity index (χ3n) is 26.4. The molecule has 0 bridgehead atoms. The van der Waals surface area contributed by atoms with Gasteiger partial charge in [-0.2, -0.15) is 0 Å². The predicted octanol–water partition coefficient (Wildman–Crippen LogP) is 35.8. The maximum Gasteiger partial charge on any atom is -0.00694 e. The summed E-state index contributed by atoms with van der Waals surface area (Å²) in [5.74, 6) is 0. The van der Waals surface area contributed by atoms with E-state index in [-0.39, 0.29) is 0 Å². The molecule has 594 valence electrons. The van der Waals surface area contributed by atoms with Crippen LogP contribution in [0.4, 0.5) is 0 Å². The van der Waals surface area contributed by atoms with Crippen molar-refractivity contribution in [1.29, 1.82) is 0 Å². The van der Waals surface area contributed by atoms with E-state index in [0.29, 0.717) is 0 Å². The van der Waals surface area contributed by atoms with Crippen molar-refractivity contribution in [2.24, 2.45) is 0 Å². The summed E-state index contributed by atoms with van der Waals surface area (Å²) in [6.45, 7) is 13.5. The van der Waals surface area contributed by atoms with Crippen LogP contribution in [-0.4, -0.2) is 0 Å². The molecule has 0 atom stereocenters. The van der Waals surface area contributed by atoms with E-state index in [1.807, 2.05) is 0 Å². The molecule has 24 rings (SSSR count). The molecule has 24 aromatic carbocycles. The summed E-state index contributed by atoms with van der Waals surface area (Å²) >= 11 is 0. The summed E-state index contributed by atoms with van der Waals surface area (Å²) < 4.78 is 0. The van der Waals surface area contributed by atoms with Crippen LogP contribution in [0.5, 0.6) is 0 Å². The highest BCUT2D eigenvalue weighted by atomic mass is 14.3. The van der Waals surface area contributed by atoms with Crippen molar-refractivity contribution in [3.63, 3.8) is 0 Å². The standard InChI is InChI=1S/3C42H30/c1-27-24-39(33-20-9-14-29-12-3-5-16-31(29)33)36-22-11-23-38(40(36)25-27)42-28(2)26-41(35-18-7-8-19-37(35)42)34-21-10-15-30-13-4-6-17-32(30)34;1-27-22-39(33-20-18-29-10-3-5-12-31(29)25-33)36-16-9-17-38(41(36)23-27)42-28(2)24-40(35-14-7-8-15-37(35)42)34-21-19-30-11-4-6-13-32(30)26-34;1-27-23-40(34-18-9-14-30-12-5-6-15-33(30)34)36-19-10-20-38(41(36)24-27)42-28(2)25-39(35-16-7-8-17-37(35)42)32-22-21-29-11-3-4-13-31(29)26-32/h3*3-26H,1-2H3. The first-order chi connectivity index (χ1) is 62.0. The average molecular weight is 1600 g/mol. The average Bonchev–Trinajstić information content (AvgIpc) is 0.743. The lowest BCUT2D eigenvalue weighted by Crippen LogP contribution is -1.93. The van der Waals surface area contributed by atoms with Crippen molar-refractivity contribution in [2.75, 3.05) is 0 Å². The van der Waals surface area contributed by atoms with Crippen molar-refractivity contribution >= 4 is 129 Å². The maximum atomic E-state index is 2.40. The molecule has 0 unspecified atom stereocenters. The second-order valence-electron chi connectivity index (χ2n) is 34.4. The minimum atomic E-state index is 1.26. The lowest BCUT2D eigenvalue weighted by Gasteiger charge is -2.19. The molecule has 0 aliphatic carbocycles. The molecule has 0 aliphatic heterocycles. The summed E-state index contributed by atoms with van der Waals surface area (Å²) in [5.41, 5.74) is 30.8. The first kappa shape index (κ1) is 76.5. The molecule has 0 spiro atoms. The largest absolute Gasteiger partial charge is 0.0616 e. The van der Waals surface area contributed by atoms with E-state index >= 15 is 0 Å². The Labute approximate surface area is 735 Å². The molecule has 0 heteroatoms. The smallest absolute Gasteiger partial charge is 0.00694 e. The molecule has 0 saturated carbocycles. The van der Waals surface area contributed by atoms with Crippen LogP contribution < -0.4 is 0 Å². The van der Waals surface area contributed by atoms with Gasteiger partial charge in [0.15, 0.2) is 0 Å². The summed E-state index contributed by atoms with van der Waals surface area (Å²) in [6, 6.07) is 161. The fourth-order valence-corrected chi connectivity index (χ4v) is 20.7. The van der Waals surface area contributed by atoms with E-state index in [4.69, 9.17) is 0 Å². The van der Waals surface area contributed by atoms with Crippen LogP contribution in [-0.2, 0) is 0 Å². The maximum absolute atomic E-state index is 2.40. The van der Waals surface area contributed by atoms with Crippen LogP contribution in [0.15, 0.2) is 437 Å². The number of hydrogen-bond acceptors (Lipinski definition) is 0. The summed E-state index contributed by atoms with van der Waals surface area (Å²) in [7, 11) is 0. The molecule has 0 saturated heterocycles. The lowest BCUT2D eigenvalue weighted by atomic mass is 9.84. The monoisotopic (exact) mass is 1600 g/mol. The molecule has 0 amide bonds. The van der Waals surface area contributed by atoms with E-state index in [1.54, 1.807) is 0 Å². The molecule has 24 aromatic rings.